The minimum atomic E-state index is 0.0192. The van der Waals surface area contributed by atoms with Crippen LogP contribution in [0.4, 0.5) is 34.1 Å². The smallest absolute Gasteiger partial charge is 0.0470 e. The lowest BCUT2D eigenvalue weighted by atomic mass is 9.82. The molecule has 0 radical (unpaired) electrons. The number of hydrogen-bond donors (Lipinski definition) is 1. The van der Waals surface area contributed by atoms with Crippen molar-refractivity contribution >= 4 is 44.9 Å². The molecule has 3 heteroatoms. The van der Waals surface area contributed by atoms with Crippen molar-refractivity contribution in [2.24, 2.45) is 0 Å². The Balaban J connectivity index is 1.35. The Morgan fingerprint density at radius 2 is 0.825 bits per heavy atom. The number of nitrogens with zero attached hydrogens (tertiary/aromatic N) is 2. The summed E-state index contributed by atoms with van der Waals surface area (Å²) in [5, 5.41) is 6.33. The quantitative estimate of drug-likeness (QED) is 0.133. The van der Waals surface area contributed by atoms with E-state index in [1.165, 1.54) is 106 Å². The molecule has 0 saturated heterocycles. The lowest BCUT2D eigenvalue weighted by Gasteiger charge is -2.29. The second-order valence-electron chi connectivity index (χ2n) is 16.2. The van der Waals surface area contributed by atoms with Gasteiger partial charge in [0.05, 0.1) is 0 Å². The zero-order valence-electron chi connectivity index (χ0n) is 35.9. The second kappa shape index (κ2) is 16.4. The van der Waals surface area contributed by atoms with E-state index in [1.807, 2.05) is 0 Å². The Morgan fingerprint density at radius 3 is 1.23 bits per heavy atom. The average Bonchev–Trinajstić information content (AvgIpc) is 3.17. The monoisotopic (exact) mass is 749 g/mol. The Morgan fingerprint density at radius 1 is 0.439 bits per heavy atom. The van der Waals surface area contributed by atoms with Crippen LogP contribution < -0.4 is 15.1 Å². The molecule has 0 aliphatic heterocycles. The summed E-state index contributed by atoms with van der Waals surface area (Å²) in [6.07, 6.45) is 0. The van der Waals surface area contributed by atoms with E-state index in [9.17, 15) is 0 Å². The van der Waals surface area contributed by atoms with Crippen LogP contribution in [-0.4, -0.2) is 13.1 Å². The fourth-order valence-corrected chi connectivity index (χ4v) is 9.58. The third-order valence-corrected chi connectivity index (χ3v) is 11.7. The van der Waals surface area contributed by atoms with Gasteiger partial charge in [-0.2, -0.15) is 0 Å². The molecule has 0 spiro atoms. The van der Waals surface area contributed by atoms with E-state index >= 15 is 0 Å². The van der Waals surface area contributed by atoms with Gasteiger partial charge >= 0.3 is 0 Å². The number of benzene rings is 7. The van der Waals surface area contributed by atoms with E-state index in [0.717, 1.165) is 18.8 Å². The first-order valence-corrected chi connectivity index (χ1v) is 20.7. The van der Waals surface area contributed by atoms with E-state index in [-0.39, 0.29) is 5.92 Å². The van der Waals surface area contributed by atoms with Gasteiger partial charge in [0.25, 0.3) is 0 Å². The lowest BCUT2D eigenvalue weighted by molar-refractivity contribution is 0.971. The van der Waals surface area contributed by atoms with Gasteiger partial charge in [-0.25, -0.2) is 0 Å². The van der Waals surface area contributed by atoms with Crippen molar-refractivity contribution in [3.05, 3.63) is 188 Å². The van der Waals surface area contributed by atoms with Crippen LogP contribution in [0.5, 0.6) is 0 Å². The van der Waals surface area contributed by atoms with Crippen LogP contribution in [0.25, 0.3) is 10.8 Å². The summed E-state index contributed by atoms with van der Waals surface area (Å²) in [7, 11) is 0. The summed E-state index contributed by atoms with van der Waals surface area (Å²) in [6.45, 7) is 26.1. The maximum absolute atomic E-state index is 3.85. The molecule has 7 aromatic rings. The van der Waals surface area contributed by atoms with Crippen LogP contribution in [0.1, 0.15) is 86.5 Å². The lowest BCUT2D eigenvalue weighted by Crippen LogP contribution is -2.19. The molecule has 0 atom stereocenters. The molecule has 0 fully saturated rings. The number of fused-ring (bicyclic) bond motifs is 1. The summed E-state index contributed by atoms with van der Waals surface area (Å²) >= 11 is 0. The van der Waals surface area contributed by atoms with Crippen molar-refractivity contribution in [1.29, 1.82) is 0 Å². The Bertz CT molecular complexity index is 2380. The third-order valence-electron chi connectivity index (χ3n) is 11.7. The van der Waals surface area contributed by atoms with Crippen molar-refractivity contribution in [1.82, 2.24) is 0 Å². The molecule has 0 aliphatic carbocycles. The predicted octanol–water partition coefficient (Wildman–Crippen LogP) is 14.9. The minimum Gasteiger partial charge on any atom is -0.355 e. The number of aryl methyl sites for hydroxylation is 9. The molecule has 0 aromatic heterocycles. The number of rotatable bonds is 11. The van der Waals surface area contributed by atoms with E-state index in [4.69, 9.17) is 0 Å². The molecule has 290 valence electrons. The van der Waals surface area contributed by atoms with Crippen molar-refractivity contribution in [2.75, 3.05) is 28.2 Å². The fraction of sp³-hybridized carbons (Fsp3) is 0.259. The molecule has 0 saturated carbocycles. The number of hydrogen-bond acceptors (Lipinski definition) is 3. The third kappa shape index (κ3) is 7.81. The summed E-state index contributed by atoms with van der Waals surface area (Å²) in [6, 6.07) is 45.9. The Kier molecular flexibility index (Phi) is 11.3. The van der Waals surface area contributed by atoms with Crippen molar-refractivity contribution in [3.8, 4) is 0 Å². The second-order valence-corrected chi connectivity index (χ2v) is 16.2. The van der Waals surface area contributed by atoms with E-state index in [0.29, 0.717) is 0 Å². The molecular weight excluding hydrogens is 691 g/mol. The van der Waals surface area contributed by atoms with Crippen LogP contribution >= 0.6 is 0 Å². The van der Waals surface area contributed by atoms with Crippen LogP contribution in [0, 0.1) is 62.3 Å². The first-order valence-electron chi connectivity index (χ1n) is 20.7. The average molecular weight is 750 g/mol. The van der Waals surface area contributed by atoms with Gasteiger partial charge in [-0.15, -0.1) is 0 Å². The largest absolute Gasteiger partial charge is 0.355 e. The number of nitrogens with one attached hydrogen (secondary N) is 1. The highest BCUT2D eigenvalue weighted by atomic mass is 15.1. The molecule has 7 rings (SSSR count). The normalized spacial score (nSPS) is 11.4. The van der Waals surface area contributed by atoms with Crippen molar-refractivity contribution in [3.63, 3.8) is 0 Å². The summed E-state index contributed by atoms with van der Waals surface area (Å²) in [4.78, 5) is 4.91. The predicted molar refractivity (Wildman–Crippen MR) is 248 cm³/mol. The highest BCUT2D eigenvalue weighted by Crippen LogP contribution is 2.42. The maximum Gasteiger partial charge on any atom is 0.0470 e. The topological polar surface area (TPSA) is 18.5 Å². The van der Waals surface area contributed by atoms with E-state index in [1.54, 1.807) is 0 Å². The van der Waals surface area contributed by atoms with Crippen LogP contribution in [0.3, 0.4) is 0 Å². The fourth-order valence-electron chi connectivity index (χ4n) is 9.58. The first kappa shape index (κ1) is 39.4. The zero-order valence-corrected chi connectivity index (χ0v) is 35.9. The SMILES string of the molecule is CCN(c1ccc(C(c2ccc(N(CC)c3c(C)cc(C)cc3C)cc2)c2ccc(Nc3c(C)cc(C)cc3C)c3ccccc23)cc1)c1c(C)cc(C)cc1C. The summed E-state index contributed by atoms with van der Waals surface area (Å²) < 4.78 is 0. The van der Waals surface area contributed by atoms with Crippen LogP contribution in [0.2, 0.25) is 0 Å². The molecular formula is C54H59N3. The molecule has 57 heavy (non-hydrogen) atoms. The molecule has 0 heterocycles. The van der Waals surface area contributed by atoms with Gasteiger partial charge in [-0.1, -0.05) is 108 Å². The zero-order chi connectivity index (χ0) is 40.5. The maximum atomic E-state index is 3.85. The van der Waals surface area contributed by atoms with E-state index in [2.05, 4.69) is 213 Å². The Labute approximate surface area is 342 Å². The molecule has 0 unspecified atom stereocenters. The molecule has 0 aliphatic rings. The summed E-state index contributed by atoms with van der Waals surface area (Å²) in [5.41, 5.74) is 22.8. The van der Waals surface area contributed by atoms with Gasteiger partial charge in [-0.3, -0.25) is 0 Å². The first-order chi connectivity index (χ1) is 27.4. The van der Waals surface area contributed by atoms with Gasteiger partial charge in [0.15, 0.2) is 0 Å². The molecule has 1 N–H and O–H groups in total. The standard InChI is InChI=1S/C54H59N3/c1-12-56(53-39(8)30-35(4)31-40(53)9)45-22-18-43(19-23-45)51(44-20-24-46(25-21-44)57(13-2)54-41(10)32-36(5)33-42(54)11)49-26-27-50(48-17-15-14-16-47(48)49)55-52-37(6)28-34(3)29-38(52)7/h14-33,51,55H,12-13H2,1-11H3. The van der Waals surface area contributed by atoms with Crippen LogP contribution in [0.15, 0.2) is 121 Å². The minimum absolute atomic E-state index is 0.0192. The highest BCUT2D eigenvalue weighted by Gasteiger charge is 2.23. The number of anilines is 6. The molecule has 0 amide bonds. The van der Waals surface area contributed by atoms with Gasteiger partial charge in [-0.05, 0) is 162 Å². The van der Waals surface area contributed by atoms with Gasteiger partial charge < -0.3 is 15.1 Å². The summed E-state index contributed by atoms with van der Waals surface area (Å²) in [5.74, 6) is 0.0192. The van der Waals surface area contributed by atoms with E-state index < -0.39 is 0 Å². The van der Waals surface area contributed by atoms with Crippen LogP contribution in [-0.2, 0) is 0 Å². The molecule has 3 nitrogen and oxygen atoms in total. The van der Waals surface area contributed by atoms with Crippen molar-refractivity contribution < 1.29 is 0 Å². The molecule has 0 bridgehead atoms. The Hall–Kier alpha value is -5.80. The van der Waals surface area contributed by atoms with Gasteiger partial charge in [0, 0.05) is 58.5 Å². The van der Waals surface area contributed by atoms with Gasteiger partial charge in [0.2, 0.25) is 0 Å². The van der Waals surface area contributed by atoms with Gasteiger partial charge in [0.1, 0.15) is 0 Å². The molecule has 7 aromatic carbocycles. The highest BCUT2D eigenvalue weighted by molar-refractivity contribution is 5.98. The van der Waals surface area contributed by atoms with Crippen molar-refractivity contribution in [2.45, 2.75) is 82.1 Å².